The summed E-state index contributed by atoms with van der Waals surface area (Å²) in [7, 11) is 0. The predicted molar refractivity (Wildman–Crippen MR) is 115 cm³/mol. The molecule has 0 saturated carbocycles. The molecule has 0 radical (unpaired) electrons. The van der Waals surface area contributed by atoms with Crippen molar-refractivity contribution < 1.29 is 4.79 Å². The van der Waals surface area contributed by atoms with Crippen LogP contribution in [0.4, 0.5) is 5.69 Å². The molecule has 0 atom stereocenters. The Labute approximate surface area is 175 Å². The third-order valence-electron chi connectivity index (χ3n) is 4.70. The van der Waals surface area contributed by atoms with E-state index < -0.39 is 0 Å². The van der Waals surface area contributed by atoms with Crippen molar-refractivity contribution in [2.45, 2.75) is 6.92 Å². The van der Waals surface area contributed by atoms with Crippen molar-refractivity contribution >= 4 is 33.3 Å². The van der Waals surface area contributed by atoms with E-state index >= 15 is 0 Å². The Morgan fingerprint density at radius 1 is 1.10 bits per heavy atom. The van der Waals surface area contributed by atoms with E-state index in [1.54, 1.807) is 24.4 Å². The number of benzene rings is 2. The zero-order chi connectivity index (χ0) is 20.5. The Hall–Kier alpha value is -3.98. The summed E-state index contributed by atoms with van der Waals surface area (Å²) in [5.41, 5.74) is 4.74. The summed E-state index contributed by atoms with van der Waals surface area (Å²) < 4.78 is 1.50. The first-order chi connectivity index (χ1) is 14.7. The number of hydrogen-bond donors (Lipinski definition) is 1. The van der Waals surface area contributed by atoms with Gasteiger partial charge < -0.3 is 5.32 Å². The second kappa shape index (κ2) is 7.45. The van der Waals surface area contributed by atoms with Gasteiger partial charge in [-0.25, -0.2) is 14.6 Å². The van der Waals surface area contributed by atoms with Crippen molar-refractivity contribution in [3.05, 3.63) is 78.2 Å². The number of nitrogens with zero attached hydrogens (tertiary/aromatic N) is 6. The largest absolute Gasteiger partial charge is 0.322 e. The fraction of sp³-hybridized carbons (Fsp3) is 0.0476. The Morgan fingerprint density at radius 2 is 2.00 bits per heavy atom. The third-order valence-corrected chi connectivity index (χ3v) is 5.71. The van der Waals surface area contributed by atoms with Crippen molar-refractivity contribution in [3.8, 4) is 16.3 Å². The Kier molecular flexibility index (Phi) is 4.49. The lowest BCUT2D eigenvalue weighted by Crippen LogP contribution is -2.13. The average molecular weight is 413 g/mol. The lowest BCUT2D eigenvalue weighted by Gasteiger charge is -2.12. The third kappa shape index (κ3) is 3.31. The van der Waals surface area contributed by atoms with Crippen LogP contribution in [0.1, 0.15) is 15.9 Å². The molecule has 1 N–H and O–H groups in total. The first-order valence-corrected chi connectivity index (χ1v) is 9.97. The maximum absolute atomic E-state index is 12.9. The van der Waals surface area contributed by atoms with Gasteiger partial charge in [-0.1, -0.05) is 29.5 Å². The van der Waals surface area contributed by atoms with Crippen molar-refractivity contribution in [1.82, 2.24) is 30.2 Å². The molecular weight excluding hydrogens is 398 g/mol. The van der Waals surface area contributed by atoms with Crippen LogP contribution in [0.5, 0.6) is 0 Å². The van der Waals surface area contributed by atoms with Gasteiger partial charge >= 0.3 is 0 Å². The molecule has 0 aliphatic rings. The fourth-order valence-corrected chi connectivity index (χ4v) is 4.14. The highest BCUT2D eigenvalue weighted by atomic mass is 32.1. The van der Waals surface area contributed by atoms with Crippen LogP contribution in [0.25, 0.3) is 26.6 Å². The highest BCUT2D eigenvalue weighted by Crippen LogP contribution is 2.33. The molecule has 3 aromatic heterocycles. The molecule has 0 spiro atoms. The SMILES string of the molecule is Cc1c(NC(=O)c2cccc(-n3cnnn3)c2)cccc1-c1nc2cccnc2s1. The van der Waals surface area contributed by atoms with Crippen LogP contribution in [0.2, 0.25) is 0 Å². The Bertz CT molecular complexity index is 1330. The molecular formula is C21H15N7OS. The molecule has 0 bridgehead atoms. The number of anilines is 1. The van der Waals surface area contributed by atoms with Crippen molar-refractivity contribution in [2.75, 3.05) is 5.32 Å². The van der Waals surface area contributed by atoms with E-state index in [0.29, 0.717) is 11.3 Å². The van der Waals surface area contributed by atoms with E-state index in [1.165, 1.54) is 22.3 Å². The summed E-state index contributed by atoms with van der Waals surface area (Å²) in [5, 5.41) is 15.0. The number of hydrogen-bond acceptors (Lipinski definition) is 7. The van der Waals surface area contributed by atoms with Crippen molar-refractivity contribution in [3.63, 3.8) is 0 Å². The Morgan fingerprint density at radius 3 is 2.83 bits per heavy atom. The zero-order valence-corrected chi connectivity index (χ0v) is 16.7. The summed E-state index contributed by atoms with van der Waals surface area (Å²) in [4.78, 5) is 22.8. The van der Waals surface area contributed by atoms with E-state index in [4.69, 9.17) is 0 Å². The maximum atomic E-state index is 12.9. The van der Waals surface area contributed by atoms with Crippen LogP contribution in [0, 0.1) is 6.92 Å². The highest BCUT2D eigenvalue weighted by molar-refractivity contribution is 7.21. The van der Waals surface area contributed by atoms with Crippen molar-refractivity contribution in [2.24, 2.45) is 0 Å². The molecule has 30 heavy (non-hydrogen) atoms. The van der Waals surface area contributed by atoms with E-state index in [2.05, 4.69) is 30.8 Å². The minimum absolute atomic E-state index is 0.212. The van der Waals surface area contributed by atoms with Gasteiger partial charge in [0, 0.05) is 23.0 Å². The molecule has 9 heteroatoms. The summed E-state index contributed by atoms with van der Waals surface area (Å²) in [6.45, 7) is 1.97. The van der Waals surface area contributed by atoms with E-state index in [-0.39, 0.29) is 5.91 Å². The minimum Gasteiger partial charge on any atom is -0.322 e. The van der Waals surface area contributed by atoms with Gasteiger partial charge in [0.2, 0.25) is 0 Å². The number of carbonyl (C=O) groups excluding carboxylic acids is 1. The average Bonchev–Trinajstić information content (AvgIpc) is 3.45. The smallest absolute Gasteiger partial charge is 0.255 e. The topological polar surface area (TPSA) is 98.5 Å². The van der Waals surface area contributed by atoms with Crippen LogP contribution in [0.15, 0.2) is 67.1 Å². The monoisotopic (exact) mass is 413 g/mol. The first-order valence-electron chi connectivity index (χ1n) is 9.15. The first kappa shape index (κ1) is 18.1. The van der Waals surface area contributed by atoms with Crippen LogP contribution < -0.4 is 5.32 Å². The van der Waals surface area contributed by atoms with Gasteiger partial charge in [0.25, 0.3) is 5.91 Å². The molecule has 5 aromatic rings. The van der Waals surface area contributed by atoms with E-state index in [0.717, 1.165) is 32.2 Å². The standard InChI is InChI=1S/C21H15N7OS/c1-13-16(20-25-18-9-4-10-22-21(18)30-20)7-3-8-17(13)24-19(29)14-5-2-6-15(11-14)28-12-23-26-27-28/h2-12H,1H3,(H,24,29). The van der Waals surface area contributed by atoms with Crippen molar-refractivity contribution in [1.29, 1.82) is 0 Å². The maximum Gasteiger partial charge on any atom is 0.255 e. The van der Waals surface area contributed by atoms with Crippen LogP contribution in [-0.2, 0) is 0 Å². The Balaban J connectivity index is 1.45. The lowest BCUT2D eigenvalue weighted by molar-refractivity contribution is 0.102. The number of aromatic nitrogens is 6. The van der Waals surface area contributed by atoms with Gasteiger partial charge in [0.05, 0.1) is 5.69 Å². The number of thiazole rings is 1. The summed E-state index contributed by atoms with van der Waals surface area (Å²) in [6, 6.07) is 16.7. The number of tetrazole rings is 1. The number of fused-ring (bicyclic) bond motifs is 1. The quantitative estimate of drug-likeness (QED) is 0.480. The molecule has 8 nitrogen and oxygen atoms in total. The summed E-state index contributed by atoms with van der Waals surface area (Å²) in [6.07, 6.45) is 3.24. The highest BCUT2D eigenvalue weighted by Gasteiger charge is 2.14. The number of nitrogens with one attached hydrogen (secondary N) is 1. The molecule has 0 fully saturated rings. The molecule has 5 rings (SSSR count). The second-order valence-corrected chi connectivity index (χ2v) is 7.56. The lowest BCUT2D eigenvalue weighted by atomic mass is 10.1. The molecule has 1 amide bonds. The molecule has 146 valence electrons. The second-order valence-electron chi connectivity index (χ2n) is 6.58. The number of carbonyl (C=O) groups is 1. The van der Waals surface area contributed by atoms with Crippen LogP contribution >= 0.6 is 11.3 Å². The van der Waals surface area contributed by atoms with Gasteiger partial charge in [-0.3, -0.25) is 4.79 Å². The van der Waals surface area contributed by atoms with Gasteiger partial charge in [0.1, 0.15) is 21.7 Å². The molecule has 0 aliphatic carbocycles. The number of amides is 1. The van der Waals surface area contributed by atoms with Gasteiger partial charge in [-0.05, 0) is 59.3 Å². The number of rotatable bonds is 4. The fourth-order valence-electron chi connectivity index (χ4n) is 3.15. The minimum atomic E-state index is -0.212. The molecule has 0 unspecified atom stereocenters. The predicted octanol–water partition coefficient (Wildman–Crippen LogP) is 3.89. The van der Waals surface area contributed by atoms with E-state index in [9.17, 15) is 4.79 Å². The normalized spacial score (nSPS) is 11.0. The summed E-state index contributed by atoms with van der Waals surface area (Å²) >= 11 is 1.53. The molecule has 3 heterocycles. The van der Waals surface area contributed by atoms with E-state index in [1.807, 2.05) is 43.3 Å². The van der Waals surface area contributed by atoms with Gasteiger partial charge in [-0.15, -0.1) is 5.10 Å². The molecule has 0 aliphatic heterocycles. The van der Waals surface area contributed by atoms with Gasteiger partial charge in [-0.2, -0.15) is 0 Å². The molecule has 0 saturated heterocycles. The van der Waals surface area contributed by atoms with Gasteiger partial charge in [0.15, 0.2) is 0 Å². The zero-order valence-electron chi connectivity index (χ0n) is 15.9. The van der Waals surface area contributed by atoms with Crippen LogP contribution in [0.3, 0.4) is 0 Å². The van der Waals surface area contributed by atoms with Crippen LogP contribution in [-0.4, -0.2) is 36.1 Å². The molecule has 2 aromatic carbocycles. The number of pyridine rings is 1. The summed E-state index contributed by atoms with van der Waals surface area (Å²) in [5.74, 6) is -0.212.